The first-order valence-corrected chi connectivity index (χ1v) is 21.0. The zero-order valence-electron chi connectivity index (χ0n) is 32.6. The lowest BCUT2D eigenvalue weighted by Gasteiger charge is -2.44. The summed E-state index contributed by atoms with van der Waals surface area (Å²) in [6.07, 6.45) is -4.05. The average Bonchev–Trinajstić information content (AvgIpc) is 4.06. The lowest BCUT2D eigenvalue weighted by Crippen LogP contribution is -2.66. The van der Waals surface area contributed by atoms with E-state index in [1.807, 2.05) is 11.6 Å². The molecule has 2 saturated heterocycles. The summed E-state index contributed by atoms with van der Waals surface area (Å²) in [6, 6.07) is -0.961. The normalized spacial score (nSPS) is 31.6. The number of carboxylic acid groups (broad SMARTS) is 1. The molecule has 15 nitrogen and oxygen atoms in total. The highest BCUT2D eigenvalue weighted by atomic mass is 32.2. The second kappa shape index (κ2) is 15.7. The Balaban J connectivity index is 1.34. The highest BCUT2D eigenvalue weighted by Crippen LogP contribution is 2.49. The van der Waals surface area contributed by atoms with Gasteiger partial charge in [-0.2, -0.15) is 13.2 Å². The molecular weight excluding hydrogens is 807 g/mol. The van der Waals surface area contributed by atoms with Gasteiger partial charge in [-0.05, 0) is 56.4 Å². The number of carbonyl (C=O) groups is 4. The molecule has 2 saturated carbocycles. The van der Waals surface area contributed by atoms with Crippen molar-refractivity contribution in [2.45, 2.75) is 106 Å². The van der Waals surface area contributed by atoms with Crippen molar-refractivity contribution in [3.05, 3.63) is 42.6 Å². The molecule has 0 spiro atoms. The minimum Gasteiger partial charge on any atom is -0.494 e. The number of nitrogens with zero attached hydrogens (tertiary/aromatic N) is 3. The molecule has 0 radical (unpaired) electrons. The van der Waals surface area contributed by atoms with Crippen molar-refractivity contribution in [2.75, 3.05) is 27.0 Å². The molecule has 322 valence electrons. The maximum atomic E-state index is 15.7. The van der Waals surface area contributed by atoms with E-state index in [0.717, 1.165) is 4.90 Å². The van der Waals surface area contributed by atoms with Gasteiger partial charge >= 0.3 is 12.3 Å². The first-order chi connectivity index (χ1) is 27.9. The molecule has 4 heterocycles. The molecule has 2 aromatic rings. The summed E-state index contributed by atoms with van der Waals surface area (Å²) in [5, 5.41) is 13.7. The second-order valence-corrected chi connectivity index (χ2v) is 18.6. The number of hydrogen-bond donors (Lipinski definition) is 3. The minimum atomic E-state index is -5.27. The first kappa shape index (κ1) is 42.4. The molecular formula is C39H47F4N5O10S. The number of fused-ring (bicyclic) bond motifs is 3. The van der Waals surface area contributed by atoms with E-state index < -0.39 is 106 Å². The average molecular weight is 854 g/mol. The van der Waals surface area contributed by atoms with Crippen LogP contribution in [-0.2, 0) is 29.1 Å². The van der Waals surface area contributed by atoms with E-state index in [2.05, 4.69) is 10.3 Å². The number of nitrogens with one attached hydrogen (secondary N) is 2. The van der Waals surface area contributed by atoms with Gasteiger partial charge in [-0.15, -0.1) is 0 Å². The number of ether oxygens (including phenoxy) is 3. The van der Waals surface area contributed by atoms with Gasteiger partial charge in [0.1, 0.15) is 40.9 Å². The molecule has 1 aromatic heterocycles. The smallest absolute Gasteiger partial charge is 0.412 e. The maximum Gasteiger partial charge on any atom is 0.412 e. The summed E-state index contributed by atoms with van der Waals surface area (Å²) >= 11 is 0. The standard InChI is InChI=1S/C39H47F4N5O10S/c1-21-8-4-5-9-23-16-38(23,35(51)46-59(54,55)37(20-40)12-13-37)45-32(49)27-15-28(58-33-26-11-7-6-10-25(26)29(56-3)17-44-33)31(39(41,42)43)48(27)34(50)30(22(2)14-21)47(36(52)53)24-18-57-19-24/h5-7,9-11,17,21-24,27-28,30-31H,4,8,12-16,18-20H2,1-3H3,(H,45,49)(H,46,51)(H,52,53)/b9-5-/t21-,22-,23-,27+,28-,30+,31?,38-/m1/s1. The summed E-state index contributed by atoms with van der Waals surface area (Å²) in [4.78, 5) is 62.0. The fourth-order valence-electron chi connectivity index (χ4n) is 8.80. The van der Waals surface area contributed by atoms with Crippen molar-refractivity contribution in [1.29, 1.82) is 0 Å². The zero-order chi connectivity index (χ0) is 42.7. The molecule has 3 N–H and O–H groups in total. The van der Waals surface area contributed by atoms with E-state index in [9.17, 15) is 32.3 Å². The van der Waals surface area contributed by atoms with E-state index in [1.165, 1.54) is 13.3 Å². The van der Waals surface area contributed by atoms with Crippen LogP contribution in [0.4, 0.5) is 22.4 Å². The van der Waals surface area contributed by atoms with E-state index in [1.54, 1.807) is 43.3 Å². The van der Waals surface area contributed by atoms with Gasteiger partial charge in [-0.25, -0.2) is 22.6 Å². The van der Waals surface area contributed by atoms with Crippen LogP contribution in [0.1, 0.15) is 58.8 Å². The number of hydrogen-bond acceptors (Lipinski definition) is 10. The largest absolute Gasteiger partial charge is 0.494 e. The topological polar surface area (TPSA) is 194 Å². The van der Waals surface area contributed by atoms with Crippen molar-refractivity contribution in [3.63, 3.8) is 0 Å². The molecule has 0 bridgehead atoms. The number of pyridine rings is 1. The molecule has 4 amide bonds. The Morgan fingerprint density at radius 1 is 1.14 bits per heavy atom. The lowest BCUT2D eigenvalue weighted by atomic mass is 9.86. The Kier molecular flexibility index (Phi) is 11.3. The monoisotopic (exact) mass is 853 g/mol. The van der Waals surface area contributed by atoms with Gasteiger partial charge in [0.05, 0.1) is 32.6 Å². The van der Waals surface area contributed by atoms with Crippen LogP contribution in [0.2, 0.25) is 0 Å². The number of benzene rings is 1. The Hall–Kier alpha value is -4.72. The maximum absolute atomic E-state index is 15.7. The van der Waals surface area contributed by atoms with Crippen molar-refractivity contribution in [1.82, 2.24) is 24.8 Å². The first-order valence-electron chi connectivity index (χ1n) is 19.6. The van der Waals surface area contributed by atoms with E-state index >= 15 is 18.0 Å². The van der Waals surface area contributed by atoms with Gasteiger partial charge in [-0.3, -0.25) is 24.0 Å². The highest BCUT2D eigenvalue weighted by molar-refractivity contribution is 7.91. The number of allylic oxidation sites excluding steroid dienone is 1. The van der Waals surface area contributed by atoms with Crippen LogP contribution in [0.15, 0.2) is 42.6 Å². The van der Waals surface area contributed by atoms with Crippen molar-refractivity contribution in [3.8, 4) is 11.6 Å². The van der Waals surface area contributed by atoms with Crippen LogP contribution >= 0.6 is 0 Å². The van der Waals surface area contributed by atoms with Crippen LogP contribution < -0.4 is 19.5 Å². The molecule has 59 heavy (non-hydrogen) atoms. The van der Waals surface area contributed by atoms with Gasteiger partial charge < -0.3 is 29.5 Å². The summed E-state index contributed by atoms with van der Waals surface area (Å²) in [5.74, 6) is -5.53. The molecule has 3 aliphatic heterocycles. The molecule has 20 heteroatoms. The number of rotatable bonds is 9. The van der Waals surface area contributed by atoms with Gasteiger partial charge in [0, 0.05) is 23.1 Å². The molecule has 2 aliphatic carbocycles. The Labute approximate surface area is 337 Å². The van der Waals surface area contributed by atoms with Crippen molar-refractivity contribution in [2.24, 2.45) is 17.8 Å². The minimum absolute atomic E-state index is 0.0371. The highest BCUT2D eigenvalue weighted by Gasteiger charge is 2.66. The predicted molar refractivity (Wildman–Crippen MR) is 201 cm³/mol. The molecule has 4 fully saturated rings. The van der Waals surface area contributed by atoms with Crippen LogP contribution in [0, 0.1) is 17.8 Å². The summed E-state index contributed by atoms with van der Waals surface area (Å²) in [6.45, 7) is 1.97. The van der Waals surface area contributed by atoms with Gasteiger partial charge in [0.25, 0.3) is 5.91 Å². The molecule has 7 rings (SSSR count). The fraction of sp³-hybridized carbons (Fsp3) is 0.615. The van der Waals surface area contributed by atoms with Gasteiger partial charge in [0.2, 0.25) is 27.7 Å². The molecule has 5 aliphatic rings. The van der Waals surface area contributed by atoms with E-state index in [4.69, 9.17) is 14.2 Å². The summed E-state index contributed by atoms with van der Waals surface area (Å²) < 4.78 is 104. The molecule has 1 unspecified atom stereocenters. The summed E-state index contributed by atoms with van der Waals surface area (Å²) in [7, 11) is -3.19. The number of alkyl halides is 4. The third-order valence-corrected chi connectivity index (χ3v) is 14.6. The fourth-order valence-corrected chi connectivity index (χ4v) is 10.2. The Morgan fingerprint density at radius 3 is 2.42 bits per heavy atom. The van der Waals surface area contributed by atoms with Gasteiger partial charge in [-0.1, -0.05) is 44.2 Å². The lowest BCUT2D eigenvalue weighted by molar-refractivity contribution is -0.201. The van der Waals surface area contributed by atoms with Crippen molar-refractivity contribution < 1.29 is 64.5 Å². The van der Waals surface area contributed by atoms with Crippen LogP contribution in [0.3, 0.4) is 0 Å². The number of methoxy groups -OCH3 is 1. The number of halogens is 4. The number of amides is 4. The van der Waals surface area contributed by atoms with Crippen LogP contribution in [0.5, 0.6) is 11.6 Å². The quantitative estimate of drug-likeness (QED) is 0.243. The Morgan fingerprint density at radius 2 is 1.83 bits per heavy atom. The van der Waals surface area contributed by atoms with Gasteiger partial charge in [0.15, 0.2) is 6.04 Å². The number of carbonyl (C=O) groups excluding carboxylic acids is 3. The number of aromatic nitrogens is 1. The molecule has 8 atom stereocenters. The second-order valence-electron chi connectivity index (χ2n) is 16.5. The van der Waals surface area contributed by atoms with E-state index in [0.29, 0.717) is 28.9 Å². The predicted octanol–water partition coefficient (Wildman–Crippen LogP) is 4.11. The summed E-state index contributed by atoms with van der Waals surface area (Å²) in [5.41, 5.74) is -1.99. The molecule has 1 aromatic carbocycles. The van der Waals surface area contributed by atoms with Crippen LogP contribution in [-0.4, -0.2) is 126 Å². The third-order valence-electron chi connectivity index (χ3n) is 12.5. The SMILES string of the molecule is COc1cnc(O[C@@H]2C[C@H]3C(=O)N[C@]4(C(=O)NS(=O)(=O)C5(CF)CC5)C[C@H]4/C=C\CC[C@@H](C)C[C@@H](C)[C@H](N(C(=O)O)C4COC4)C(=O)N3C2C(F)(F)F)c2ccccc12. The van der Waals surface area contributed by atoms with Crippen LogP contribution in [0.25, 0.3) is 10.8 Å². The van der Waals surface area contributed by atoms with Crippen molar-refractivity contribution >= 4 is 44.6 Å². The number of sulfonamides is 1. The van der Waals surface area contributed by atoms with E-state index in [-0.39, 0.29) is 56.1 Å². The zero-order valence-corrected chi connectivity index (χ0v) is 33.4. The third kappa shape index (κ3) is 7.77. The Bertz CT molecular complexity index is 2130.